The van der Waals surface area contributed by atoms with Gasteiger partial charge in [0.2, 0.25) is 0 Å². The molecule has 0 saturated heterocycles. The Balaban J connectivity index is 1.78. The molecule has 27 heavy (non-hydrogen) atoms. The highest BCUT2D eigenvalue weighted by Crippen LogP contribution is 2.43. The number of aromatic nitrogens is 2. The number of ether oxygens (including phenoxy) is 1. The zero-order valence-electron chi connectivity index (χ0n) is 15.6. The number of aryl methyl sites for hydroxylation is 1. The van der Waals surface area contributed by atoms with Gasteiger partial charge in [0.15, 0.2) is 5.69 Å². The number of carbonyl (C=O) groups is 1. The van der Waals surface area contributed by atoms with Crippen LogP contribution in [-0.2, 0) is 11.2 Å². The first-order chi connectivity index (χ1) is 13.2. The molecular weight excluding hydrogens is 358 g/mol. The Morgan fingerprint density at radius 3 is 2.74 bits per heavy atom. The molecule has 1 N–H and O–H groups in total. The van der Waals surface area contributed by atoms with Crippen molar-refractivity contribution in [3.05, 3.63) is 64.2 Å². The summed E-state index contributed by atoms with van der Waals surface area (Å²) in [5, 5.41) is 9.53. The van der Waals surface area contributed by atoms with E-state index < -0.39 is 0 Å². The van der Waals surface area contributed by atoms with E-state index in [1.165, 1.54) is 5.56 Å². The van der Waals surface area contributed by atoms with Crippen molar-refractivity contribution in [1.29, 1.82) is 0 Å². The number of hydrogen-bond acceptors (Lipinski definition) is 4. The van der Waals surface area contributed by atoms with Crippen molar-refractivity contribution in [2.24, 2.45) is 0 Å². The molecule has 6 heteroatoms. The van der Waals surface area contributed by atoms with Gasteiger partial charge in [-0.3, -0.25) is 9.89 Å². The molecule has 140 valence electrons. The number of aromatic amines is 1. The van der Waals surface area contributed by atoms with E-state index in [4.69, 9.17) is 4.74 Å². The summed E-state index contributed by atoms with van der Waals surface area (Å²) in [4.78, 5) is 16.1. The molecule has 0 spiro atoms. The third-order valence-corrected chi connectivity index (χ3v) is 5.96. The summed E-state index contributed by atoms with van der Waals surface area (Å²) in [6.45, 7) is 3.42. The maximum atomic E-state index is 13.1. The second-order valence-corrected chi connectivity index (χ2v) is 7.63. The number of fused-ring (bicyclic) bond motifs is 1. The summed E-state index contributed by atoms with van der Waals surface area (Å²) in [7, 11) is 1.69. The van der Waals surface area contributed by atoms with Gasteiger partial charge in [-0.05, 0) is 35.4 Å². The van der Waals surface area contributed by atoms with Crippen molar-refractivity contribution in [3.63, 3.8) is 0 Å². The SMILES string of the molecule is CCc1ccc(C2c3c(n[nH]c3-c3cccs3)C(=O)N2CCCOC)cc1. The number of methoxy groups -OCH3 is 1. The first-order valence-corrected chi connectivity index (χ1v) is 10.1. The zero-order chi connectivity index (χ0) is 18.8. The van der Waals surface area contributed by atoms with Gasteiger partial charge in [-0.15, -0.1) is 11.3 Å². The zero-order valence-corrected chi connectivity index (χ0v) is 16.4. The fourth-order valence-electron chi connectivity index (χ4n) is 3.69. The molecule has 1 atom stereocenters. The van der Waals surface area contributed by atoms with Crippen LogP contribution in [0.2, 0.25) is 0 Å². The highest BCUT2D eigenvalue weighted by Gasteiger charge is 2.42. The number of nitrogens with zero attached hydrogens (tertiary/aromatic N) is 2. The number of benzene rings is 1. The van der Waals surface area contributed by atoms with Gasteiger partial charge in [0, 0.05) is 25.8 Å². The molecule has 0 fully saturated rings. The molecule has 1 aliphatic heterocycles. The van der Waals surface area contributed by atoms with Gasteiger partial charge in [-0.1, -0.05) is 37.3 Å². The monoisotopic (exact) mass is 381 g/mol. The first kappa shape index (κ1) is 17.9. The molecule has 3 aromatic rings. The van der Waals surface area contributed by atoms with E-state index in [-0.39, 0.29) is 11.9 Å². The summed E-state index contributed by atoms with van der Waals surface area (Å²) in [5.41, 5.74) is 4.90. The van der Waals surface area contributed by atoms with Crippen LogP contribution in [0.1, 0.15) is 46.6 Å². The number of thiophene rings is 1. The van der Waals surface area contributed by atoms with Crippen LogP contribution in [0.4, 0.5) is 0 Å². The van der Waals surface area contributed by atoms with Crippen LogP contribution in [0, 0.1) is 0 Å². The van der Waals surface area contributed by atoms with Gasteiger partial charge >= 0.3 is 0 Å². The van der Waals surface area contributed by atoms with Gasteiger partial charge in [-0.25, -0.2) is 0 Å². The lowest BCUT2D eigenvalue weighted by Crippen LogP contribution is -2.31. The van der Waals surface area contributed by atoms with Gasteiger partial charge in [0.05, 0.1) is 16.6 Å². The van der Waals surface area contributed by atoms with Crippen LogP contribution >= 0.6 is 11.3 Å². The Bertz CT molecular complexity index is 916. The lowest BCUT2D eigenvalue weighted by Gasteiger charge is -2.26. The topological polar surface area (TPSA) is 58.2 Å². The Kier molecular flexibility index (Phi) is 5.09. The van der Waals surface area contributed by atoms with E-state index in [0.29, 0.717) is 18.8 Å². The maximum absolute atomic E-state index is 13.1. The molecule has 0 saturated carbocycles. The van der Waals surface area contributed by atoms with Crippen molar-refractivity contribution in [3.8, 4) is 10.6 Å². The molecule has 0 aliphatic carbocycles. The Morgan fingerprint density at radius 2 is 2.07 bits per heavy atom. The minimum atomic E-state index is -0.119. The number of amides is 1. The first-order valence-electron chi connectivity index (χ1n) is 9.25. The molecule has 5 nitrogen and oxygen atoms in total. The smallest absolute Gasteiger partial charge is 0.275 e. The predicted octanol–water partition coefficient (Wildman–Crippen LogP) is 4.28. The summed E-state index contributed by atoms with van der Waals surface area (Å²) in [5.74, 6) is -0.00951. The van der Waals surface area contributed by atoms with E-state index in [0.717, 1.165) is 34.5 Å². The quantitative estimate of drug-likeness (QED) is 0.622. The second kappa shape index (κ2) is 7.66. The summed E-state index contributed by atoms with van der Waals surface area (Å²) in [6.07, 6.45) is 1.80. The third kappa shape index (κ3) is 3.19. The molecule has 1 amide bonds. The van der Waals surface area contributed by atoms with E-state index >= 15 is 0 Å². The van der Waals surface area contributed by atoms with Gasteiger partial charge in [0.25, 0.3) is 5.91 Å². The lowest BCUT2D eigenvalue weighted by molar-refractivity contribution is 0.0723. The number of carbonyl (C=O) groups excluding carboxylic acids is 1. The Morgan fingerprint density at radius 1 is 1.26 bits per heavy atom. The molecular formula is C21H23N3O2S. The molecule has 1 aliphatic rings. The maximum Gasteiger partial charge on any atom is 0.275 e. The van der Waals surface area contributed by atoms with Crippen molar-refractivity contribution >= 4 is 17.2 Å². The van der Waals surface area contributed by atoms with E-state index in [9.17, 15) is 4.79 Å². The van der Waals surface area contributed by atoms with E-state index in [2.05, 4.69) is 47.5 Å². The summed E-state index contributed by atoms with van der Waals surface area (Å²) >= 11 is 1.65. The highest BCUT2D eigenvalue weighted by molar-refractivity contribution is 7.13. The van der Waals surface area contributed by atoms with Gasteiger partial charge in [-0.2, -0.15) is 5.10 Å². The summed E-state index contributed by atoms with van der Waals surface area (Å²) in [6, 6.07) is 12.5. The number of hydrogen-bond donors (Lipinski definition) is 1. The molecule has 1 aromatic carbocycles. The van der Waals surface area contributed by atoms with E-state index in [1.54, 1.807) is 18.4 Å². The van der Waals surface area contributed by atoms with Crippen molar-refractivity contribution < 1.29 is 9.53 Å². The van der Waals surface area contributed by atoms with Crippen LogP contribution in [0.25, 0.3) is 10.6 Å². The van der Waals surface area contributed by atoms with E-state index in [1.807, 2.05) is 16.3 Å². The van der Waals surface area contributed by atoms with Gasteiger partial charge < -0.3 is 9.64 Å². The lowest BCUT2D eigenvalue weighted by atomic mass is 9.97. The second-order valence-electron chi connectivity index (χ2n) is 6.68. The predicted molar refractivity (Wildman–Crippen MR) is 107 cm³/mol. The number of rotatable bonds is 7. The number of H-pyrrole nitrogens is 1. The van der Waals surface area contributed by atoms with Crippen LogP contribution < -0.4 is 0 Å². The van der Waals surface area contributed by atoms with Gasteiger partial charge in [0.1, 0.15) is 0 Å². The van der Waals surface area contributed by atoms with Crippen LogP contribution in [0.3, 0.4) is 0 Å². The fourth-order valence-corrected chi connectivity index (χ4v) is 4.42. The Labute approximate surface area is 163 Å². The van der Waals surface area contributed by atoms with Crippen molar-refractivity contribution in [1.82, 2.24) is 15.1 Å². The third-order valence-electron chi connectivity index (χ3n) is 5.07. The number of nitrogens with one attached hydrogen (secondary N) is 1. The minimum Gasteiger partial charge on any atom is -0.385 e. The molecule has 3 heterocycles. The largest absolute Gasteiger partial charge is 0.385 e. The average Bonchev–Trinajstić information content (AvgIpc) is 3.41. The Hall–Kier alpha value is -2.44. The van der Waals surface area contributed by atoms with Crippen LogP contribution in [0.5, 0.6) is 0 Å². The molecule has 1 unspecified atom stereocenters. The van der Waals surface area contributed by atoms with Crippen molar-refractivity contribution in [2.75, 3.05) is 20.3 Å². The minimum absolute atomic E-state index is 0.00951. The molecule has 2 aromatic heterocycles. The highest BCUT2D eigenvalue weighted by atomic mass is 32.1. The summed E-state index contributed by atoms with van der Waals surface area (Å²) < 4.78 is 5.19. The molecule has 0 radical (unpaired) electrons. The normalized spacial score (nSPS) is 16.1. The average molecular weight is 382 g/mol. The molecule has 4 rings (SSSR count). The van der Waals surface area contributed by atoms with Crippen molar-refractivity contribution in [2.45, 2.75) is 25.8 Å². The molecule has 0 bridgehead atoms. The fraction of sp³-hybridized carbons (Fsp3) is 0.333. The van der Waals surface area contributed by atoms with Crippen LogP contribution in [-0.4, -0.2) is 41.3 Å². The van der Waals surface area contributed by atoms with Crippen LogP contribution in [0.15, 0.2) is 41.8 Å². The standard InChI is InChI=1S/C21H23N3O2S/c1-3-14-7-9-15(10-8-14)20-17-18(16-6-4-13-27-16)22-23-19(17)21(25)24(20)11-5-12-26-2/h4,6-10,13,20H,3,5,11-12H2,1-2H3,(H,22,23).